The summed E-state index contributed by atoms with van der Waals surface area (Å²) in [6, 6.07) is 1.69. The maximum Gasteiger partial charge on any atom is 0.300 e. The average molecular weight is 173 g/mol. The number of aliphatic hydroxyl groups excluding tert-OH is 1. The number of nitrogens with zero attached hydrogens (tertiary/aromatic N) is 1. The average Bonchev–Trinajstić information content (AvgIpc) is 2.34. The molecule has 12 heavy (non-hydrogen) atoms. The molecule has 0 aliphatic rings. The molecule has 0 fully saturated rings. The lowest BCUT2D eigenvalue weighted by molar-refractivity contribution is -0.134. The van der Waals surface area contributed by atoms with Crippen LogP contribution in [0.4, 0.5) is 0 Å². The van der Waals surface area contributed by atoms with E-state index in [1.807, 2.05) is 6.92 Å². The van der Waals surface area contributed by atoms with Gasteiger partial charge in [0.25, 0.3) is 5.97 Å². The second kappa shape index (κ2) is 5.31. The molecule has 0 atom stereocenters. The number of carbonyl (C=O) groups is 1. The summed E-state index contributed by atoms with van der Waals surface area (Å²) < 4.78 is 4.61. The SMILES string of the molecule is CC(=O)O.Cc1cc(CO)on1. The summed E-state index contributed by atoms with van der Waals surface area (Å²) in [5, 5.41) is 19.4. The molecule has 5 nitrogen and oxygen atoms in total. The van der Waals surface area contributed by atoms with E-state index in [2.05, 4.69) is 9.68 Å². The van der Waals surface area contributed by atoms with Gasteiger partial charge in [-0.1, -0.05) is 5.16 Å². The summed E-state index contributed by atoms with van der Waals surface area (Å²) in [5.74, 6) is -0.317. The van der Waals surface area contributed by atoms with Crippen LogP contribution in [0, 0.1) is 6.92 Å². The normalized spacial score (nSPS) is 8.58. The molecule has 0 aromatic carbocycles. The Hall–Kier alpha value is -1.36. The van der Waals surface area contributed by atoms with Crippen LogP contribution in [0.3, 0.4) is 0 Å². The molecular formula is C7H11NO4. The van der Waals surface area contributed by atoms with Crippen molar-refractivity contribution >= 4 is 5.97 Å². The fourth-order valence-electron chi connectivity index (χ4n) is 0.491. The molecule has 0 bridgehead atoms. The van der Waals surface area contributed by atoms with Crippen LogP contribution in [-0.4, -0.2) is 21.3 Å². The summed E-state index contributed by atoms with van der Waals surface area (Å²) in [6.07, 6.45) is 0. The molecule has 1 rings (SSSR count). The van der Waals surface area contributed by atoms with Gasteiger partial charge >= 0.3 is 0 Å². The minimum Gasteiger partial charge on any atom is -0.481 e. The predicted octanol–water partition coefficient (Wildman–Crippen LogP) is 0.566. The van der Waals surface area contributed by atoms with Crippen molar-refractivity contribution < 1.29 is 19.5 Å². The van der Waals surface area contributed by atoms with Gasteiger partial charge in [-0.25, -0.2) is 0 Å². The van der Waals surface area contributed by atoms with Crippen LogP contribution >= 0.6 is 0 Å². The summed E-state index contributed by atoms with van der Waals surface area (Å²) in [4.78, 5) is 9.00. The molecular weight excluding hydrogens is 162 g/mol. The van der Waals surface area contributed by atoms with Crippen molar-refractivity contribution in [3.05, 3.63) is 17.5 Å². The van der Waals surface area contributed by atoms with Gasteiger partial charge in [-0.05, 0) is 6.92 Å². The van der Waals surface area contributed by atoms with E-state index in [-0.39, 0.29) is 6.61 Å². The first-order chi connectivity index (χ1) is 5.56. The van der Waals surface area contributed by atoms with Gasteiger partial charge in [-0.2, -0.15) is 0 Å². The van der Waals surface area contributed by atoms with Crippen LogP contribution in [0.25, 0.3) is 0 Å². The Morgan fingerprint density at radius 1 is 1.75 bits per heavy atom. The quantitative estimate of drug-likeness (QED) is 0.648. The summed E-state index contributed by atoms with van der Waals surface area (Å²) in [7, 11) is 0. The lowest BCUT2D eigenvalue weighted by atomic mass is 10.4. The van der Waals surface area contributed by atoms with Gasteiger partial charge in [0.1, 0.15) is 6.61 Å². The maximum atomic E-state index is 9.00. The zero-order valence-electron chi connectivity index (χ0n) is 6.94. The van der Waals surface area contributed by atoms with Crippen molar-refractivity contribution in [3.8, 4) is 0 Å². The van der Waals surface area contributed by atoms with Gasteiger partial charge in [0.15, 0.2) is 5.76 Å². The van der Waals surface area contributed by atoms with Gasteiger partial charge in [0, 0.05) is 13.0 Å². The maximum absolute atomic E-state index is 9.00. The molecule has 0 aliphatic heterocycles. The molecule has 0 saturated heterocycles. The summed E-state index contributed by atoms with van der Waals surface area (Å²) in [5.41, 5.74) is 0.800. The molecule has 1 heterocycles. The number of aliphatic carboxylic acids is 1. The first kappa shape index (κ1) is 10.6. The van der Waals surface area contributed by atoms with Gasteiger partial charge in [-0.15, -0.1) is 0 Å². The zero-order valence-corrected chi connectivity index (χ0v) is 6.94. The Labute approximate surface area is 69.6 Å². The van der Waals surface area contributed by atoms with E-state index in [1.54, 1.807) is 6.07 Å². The molecule has 1 aromatic rings. The molecule has 0 amide bonds. The number of aliphatic hydroxyl groups is 1. The largest absolute Gasteiger partial charge is 0.481 e. The Morgan fingerprint density at radius 3 is 2.42 bits per heavy atom. The highest BCUT2D eigenvalue weighted by Gasteiger charge is 1.94. The highest BCUT2D eigenvalue weighted by atomic mass is 16.5. The highest BCUT2D eigenvalue weighted by molar-refractivity contribution is 5.62. The third-order valence-electron chi connectivity index (χ3n) is 0.833. The monoisotopic (exact) mass is 173 g/mol. The fourth-order valence-corrected chi connectivity index (χ4v) is 0.491. The molecule has 0 aliphatic carbocycles. The number of carboxylic acids is 1. The van der Waals surface area contributed by atoms with Gasteiger partial charge in [0.05, 0.1) is 5.69 Å². The van der Waals surface area contributed by atoms with Gasteiger partial charge in [-0.3, -0.25) is 4.79 Å². The van der Waals surface area contributed by atoms with Crippen molar-refractivity contribution in [2.24, 2.45) is 0 Å². The molecule has 2 N–H and O–H groups in total. The Bertz CT molecular complexity index is 239. The predicted molar refractivity (Wildman–Crippen MR) is 40.5 cm³/mol. The number of carboxylic acid groups (broad SMARTS) is 1. The van der Waals surface area contributed by atoms with E-state index in [4.69, 9.17) is 15.0 Å². The van der Waals surface area contributed by atoms with E-state index in [9.17, 15) is 0 Å². The minimum absolute atomic E-state index is 0.0686. The third-order valence-corrected chi connectivity index (χ3v) is 0.833. The number of hydrogen-bond donors (Lipinski definition) is 2. The lowest BCUT2D eigenvalue weighted by Crippen LogP contribution is -1.78. The van der Waals surface area contributed by atoms with Crippen molar-refractivity contribution in [1.29, 1.82) is 0 Å². The Morgan fingerprint density at radius 2 is 2.25 bits per heavy atom. The van der Waals surface area contributed by atoms with Crippen LogP contribution in [0.1, 0.15) is 18.4 Å². The molecule has 1 aromatic heterocycles. The zero-order chi connectivity index (χ0) is 9.56. The Kier molecular flexibility index (Phi) is 4.71. The molecule has 0 unspecified atom stereocenters. The smallest absolute Gasteiger partial charge is 0.300 e. The molecule has 68 valence electrons. The van der Waals surface area contributed by atoms with Gasteiger partial charge < -0.3 is 14.7 Å². The standard InChI is InChI=1S/C5H7NO2.C2H4O2/c1-4-2-5(3-7)8-6-4;1-2(3)4/h2,7H,3H2,1H3;1H3,(H,3,4). The third kappa shape index (κ3) is 5.43. The molecule has 0 spiro atoms. The number of aryl methyl sites for hydroxylation is 1. The van der Waals surface area contributed by atoms with Crippen LogP contribution in [-0.2, 0) is 11.4 Å². The number of hydrogen-bond acceptors (Lipinski definition) is 4. The van der Waals surface area contributed by atoms with E-state index >= 15 is 0 Å². The number of rotatable bonds is 1. The minimum atomic E-state index is -0.833. The second-order valence-electron chi connectivity index (χ2n) is 2.11. The molecule has 0 radical (unpaired) electrons. The summed E-state index contributed by atoms with van der Waals surface area (Å²) >= 11 is 0. The molecule has 0 saturated carbocycles. The lowest BCUT2D eigenvalue weighted by Gasteiger charge is -1.76. The van der Waals surface area contributed by atoms with Crippen molar-refractivity contribution in [2.45, 2.75) is 20.5 Å². The van der Waals surface area contributed by atoms with E-state index in [0.29, 0.717) is 5.76 Å². The van der Waals surface area contributed by atoms with Crippen molar-refractivity contribution in [3.63, 3.8) is 0 Å². The number of aromatic nitrogens is 1. The van der Waals surface area contributed by atoms with Crippen molar-refractivity contribution in [1.82, 2.24) is 5.16 Å². The van der Waals surface area contributed by atoms with Crippen LogP contribution in [0.15, 0.2) is 10.6 Å². The van der Waals surface area contributed by atoms with Crippen molar-refractivity contribution in [2.75, 3.05) is 0 Å². The molecule has 5 heteroatoms. The second-order valence-corrected chi connectivity index (χ2v) is 2.11. The highest BCUT2D eigenvalue weighted by Crippen LogP contribution is 1.99. The van der Waals surface area contributed by atoms with Gasteiger partial charge in [0.2, 0.25) is 0 Å². The summed E-state index contributed by atoms with van der Waals surface area (Å²) in [6.45, 7) is 2.82. The topological polar surface area (TPSA) is 83.6 Å². The van der Waals surface area contributed by atoms with E-state index in [0.717, 1.165) is 12.6 Å². The first-order valence-corrected chi connectivity index (χ1v) is 3.29. The fraction of sp³-hybridized carbons (Fsp3) is 0.429. The van der Waals surface area contributed by atoms with Crippen LogP contribution in [0.2, 0.25) is 0 Å². The van der Waals surface area contributed by atoms with Crippen LogP contribution < -0.4 is 0 Å². The van der Waals surface area contributed by atoms with E-state index in [1.165, 1.54) is 0 Å². The van der Waals surface area contributed by atoms with Crippen LogP contribution in [0.5, 0.6) is 0 Å². The Balaban J connectivity index is 0.000000261. The first-order valence-electron chi connectivity index (χ1n) is 3.29. The van der Waals surface area contributed by atoms with E-state index < -0.39 is 5.97 Å².